The van der Waals surface area contributed by atoms with Crippen molar-refractivity contribution >= 4 is 42.0 Å². The minimum Gasteiger partial charge on any atom is -0.744 e. The predicted octanol–water partition coefficient (Wildman–Crippen LogP) is 26.2. The van der Waals surface area contributed by atoms with E-state index < -0.39 is 75.9 Å². The van der Waals surface area contributed by atoms with Crippen molar-refractivity contribution in [2.45, 2.75) is 267 Å². The molecule has 0 aliphatic heterocycles. The average Bonchev–Trinajstić information content (AvgIpc) is 0.760. The van der Waals surface area contributed by atoms with Crippen LogP contribution in [0.5, 0.6) is 11.5 Å². The molecule has 6 aliphatic rings. The van der Waals surface area contributed by atoms with Crippen LogP contribution in [-0.2, 0) is 42.0 Å². The number of ether oxygens (including phenoxy) is 1. The van der Waals surface area contributed by atoms with Crippen LogP contribution in [0.15, 0.2) is 209 Å². The third-order valence-corrected chi connectivity index (χ3v) is 29.1. The predicted molar refractivity (Wildman–Crippen MR) is 413 cm³/mol. The van der Waals surface area contributed by atoms with Crippen molar-refractivity contribution < 1.29 is 74.6 Å². The Morgan fingerprint density at radius 3 is 0.667 bits per heavy atom. The normalized spacial score (nSPS) is 17.5. The summed E-state index contributed by atoms with van der Waals surface area (Å²) in [6, 6.07) is 45.6. The Kier molecular flexibility index (Phi) is 28.9. The SMILES string of the molecule is Fc1ccc([S+](c2ccc(F)cc2)c2ccc(F)cc2)cc1.Fc1ccc([S+](c2ccc(F)cc2)c2ccc(F)cc2)cc1.O=S(=O)([O-])c1c(C2CCCCC2)cc(C2CCCCC2)cc1C1CCCCC1.O=S(=O)([O-])c1c(F)c(F)c(Oc2c(C3CCCCC3)cc(C3CCCCC3)cc2C2CCCCC2)c(F)c1F. The van der Waals surface area contributed by atoms with E-state index in [1.807, 2.05) is 0 Å². The lowest BCUT2D eigenvalue weighted by molar-refractivity contribution is 0.334. The lowest BCUT2D eigenvalue weighted by Crippen LogP contribution is -2.18. The summed E-state index contributed by atoms with van der Waals surface area (Å²) in [6.45, 7) is 0. The molecule has 7 nitrogen and oxygen atoms in total. The fraction of sp³-hybridized carbons (Fsp3) is 0.400. The van der Waals surface area contributed by atoms with Gasteiger partial charge in [-0.05, 0) is 292 Å². The smallest absolute Gasteiger partial charge is 0.205 e. The highest BCUT2D eigenvalue weighted by atomic mass is 32.2. The first-order valence-electron chi connectivity index (χ1n) is 39.3. The monoisotopic (exact) mass is 1600 g/mol. The van der Waals surface area contributed by atoms with Gasteiger partial charge >= 0.3 is 0 Å². The van der Waals surface area contributed by atoms with Crippen molar-refractivity contribution in [1.29, 1.82) is 0 Å². The summed E-state index contributed by atoms with van der Waals surface area (Å²) in [5, 5.41) is 0. The van der Waals surface area contributed by atoms with Gasteiger partial charge in [-0.15, -0.1) is 0 Å². The Morgan fingerprint density at radius 2 is 0.450 bits per heavy atom. The molecule has 0 bridgehead atoms. The van der Waals surface area contributed by atoms with E-state index >= 15 is 8.78 Å². The third kappa shape index (κ3) is 21.3. The van der Waals surface area contributed by atoms with E-state index in [4.69, 9.17) is 4.74 Å². The van der Waals surface area contributed by atoms with Gasteiger partial charge in [0.05, 0.1) is 26.7 Å². The molecule has 0 N–H and O–H groups in total. The van der Waals surface area contributed by atoms with Gasteiger partial charge in [0.25, 0.3) is 0 Å². The van der Waals surface area contributed by atoms with Crippen molar-refractivity contribution in [2.24, 2.45) is 0 Å². The molecule has 6 saturated carbocycles. The van der Waals surface area contributed by atoms with Crippen molar-refractivity contribution in [3.05, 3.63) is 261 Å². The van der Waals surface area contributed by atoms with Crippen LogP contribution >= 0.6 is 0 Å². The minimum atomic E-state index is -5.80. The van der Waals surface area contributed by atoms with Crippen molar-refractivity contribution in [1.82, 2.24) is 0 Å². The molecule has 0 radical (unpaired) electrons. The lowest BCUT2D eigenvalue weighted by atomic mass is 9.75. The molecular weight excluding hydrogens is 1510 g/mol. The summed E-state index contributed by atoms with van der Waals surface area (Å²) in [4.78, 5) is 3.35. The highest BCUT2D eigenvalue weighted by Gasteiger charge is 2.37. The van der Waals surface area contributed by atoms with E-state index in [9.17, 15) is 61.1 Å². The Bertz CT molecular complexity index is 4330. The molecule has 0 aromatic heterocycles. The molecule has 0 atom stereocenters. The molecule has 9 aromatic carbocycles. The molecule has 0 saturated heterocycles. The van der Waals surface area contributed by atoms with Crippen LogP contribution in [-0.4, -0.2) is 25.9 Å². The van der Waals surface area contributed by atoms with E-state index in [2.05, 4.69) is 24.3 Å². The quantitative estimate of drug-likeness (QED) is 0.0408. The summed E-state index contributed by atoms with van der Waals surface area (Å²) in [5.41, 5.74) is 5.90. The Morgan fingerprint density at radius 1 is 0.252 bits per heavy atom. The average molecular weight is 1610 g/mol. The molecule has 0 amide bonds. The number of rotatable bonds is 16. The first-order chi connectivity index (χ1) is 53.5. The van der Waals surface area contributed by atoms with E-state index in [1.165, 1.54) is 135 Å². The highest BCUT2D eigenvalue weighted by Crippen LogP contribution is 2.51. The maximum Gasteiger partial charge on any atom is 0.205 e. The zero-order valence-corrected chi connectivity index (χ0v) is 65.4. The van der Waals surface area contributed by atoms with Gasteiger partial charge in [-0.3, -0.25) is 0 Å². The second-order valence-electron chi connectivity index (χ2n) is 30.3. The number of benzene rings is 9. The fourth-order valence-corrected chi connectivity index (χ4v) is 23.0. The number of hydrogen-bond acceptors (Lipinski definition) is 7. The second kappa shape index (κ2) is 38.6. The number of halogens is 10. The molecule has 9 aromatic rings. The van der Waals surface area contributed by atoms with Crippen LogP contribution in [0.1, 0.15) is 262 Å². The maximum atomic E-state index is 15.1. The molecule has 6 aliphatic carbocycles. The van der Waals surface area contributed by atoms with E-state index in [0.29, 0.717) is 11.8 Å². The van der Waals surface area contributed by atoms with Gasteiger partial charge in [0.2, 0.25) is 17.4 Å². The Hall–Kier alpha value is -7.40. The fourth-order valence-electron chi connectivity index (χ4n) is 17.3. The third-order valence-electron chi connectivity index (χ3n) is 22.9. The Balaban J connectivity index is 0.000000142. The van der Waals surface area contributed by atoms with Crippen LogP contribution in [0.25, 0.3) is 0 Å². The molecule has 21 heteroatoms. The molecule has 590 valence electrons. The van der Waals surface area contributed by atoms with Crippen LogP contribution in [0.2, 0.25) is 0 Å². The standard InChI is InChI=1S/C30H36F4O4S.C24H36O3S.2C18H12F3S/c31-24-26(33)30(39(35,36)37)27(34)25(32)29(24)38-28-22(19-12-6-2-7-13-19)16-21(18-10-4-1-5-11-18)17-23(28)20-14-8-3-9-15-20;25-28(26,27)24-22(19-12-6-2-7-13-19)16-21(18-10-4-1-5-11-18)17-23(24)20-14-8-3-9-15-20;2*19-13-1-7-16(8-2-13)22(17-9-3-14(20)4-10-17)18-11-5-15(21)6-12-18/h16-20H,1-15H2,(H,35,36,37);16-20H,1-15H2,(H,25,26,27);2*1-12H/q;;2*+1/p-2. The summed E-state index contributed by atoms with van der Waals surface area (Å²) in [5.74, 6) is -10.0. The molecule has 6 fully saturated rings. The topological polar surface area (TPSA) is 124 Å². The van der Waals surface area contributed by atoms with Gasteiger partial charge in [0.15, 0.2) is 41.0 Å². The van der Waals surface area contributed by atoms with Crippen molar-refractivity contribution in [2.75, 3.05) is 0 Å². The van der Waals surface area contributed by atoms with Gasteiger partial charge in [-0.1, -0.05) is 140 Å². The molecule has 111 heavy (non-hydrogen) atoms. The zero-order valence-electron chi connectivity index (χ0n) is 62.1. The molecule has 0 heterocycles. The van der Waals surface area contributed by atoms with E-state index in [0.717, 1.165) is 193 Å². The van der Waals surface area contributed by atoms with E-state index in [1.54, 1.807) is 72.8 Å². The van der Waals surface area contributed by atoms with Crippen LogP contribution in [0.3, 0.4) is 0 Å². The first-order valence-corrected chi connectivity index (χ1v) is 44.6. The zero-order chi connectivity index (χ0) is 78.3. The maximum absolute atomic E-state index is 15.1. The number of hydrogen-bond donors (Lipinski definition) is 0. The summed E-state index contributed by atoms with van der Waals surface area (Å²) in [6.07, 6.45) is 32.7. The molecule has 15 rings (SSSR count). The Labute approximate surface area is 652 Å². The minimum absolute atomic E-state index is 0.0711. The van der Waals surface area contributed by atoms with Gasteiger partial charge in [-0.25, -0.2) is 52.0 Å². The van der Waals surface area contributed by atoms with Crippen LogP contribution < -0.4 is 4.74 Å². The second-order valence-corrected chi connectivity index (χ2v) is 37.0. The largest absolute Gasteiger partial charge is 0.744 e. The summed E-state index contributed by atoms with van der Waals surface area (Å²) in [7, 11) is -11.3. The lowest BCUT2D eigenvalue weighted by Gasteiger charge is -2.33. The van der Waals surface area contributed by atoms with Crippen molar-refractivity contribution in [3.63, 3.8) is 0 Å². The summed E-state index contributed by atoms with van der Waals surface area (Å²) < 4.78 is 216. The van der Waals surface area contributed by atoms with Crippen molar-refractivity contribution in [3.8, 4) is 11.5 Å². The van der Waals surface area contributed by atoms with Gasteiger partial charge in [-0.2, -0.15) is 8.78 Å². The van der Waals surface area contributed by atoms with E-state index in [-0.39, 0.29) is 69.2 Å². The van der Waals surface area contributed by atoms with Crippen LogP contribution in [0, 0.1) is 58.2 Å². The van der Waals surface area contributed by atoms with Gasteiger partial charge in [0, 0.05) is 0 Å². The molecular formula is C90H94F10O7S4. The van der Waals surface area contributed by atoms with Gasteiger partial charge in [0.1, 0.15) is 65.8 Å². The molecule has 0 unspecified atom stereocenters. The van der Waals surface area contributed by atoms with Crippen LogP contribution in [0.4, 0.5) is 43.9 Å². The highest BCUT2D eigenvalue weighted by molar-refractivity contribution is 7.97. The first kappa shape index (κ1) is 83.0. The summed E-state index contributed by atoms with van der Waals surface area (Å²) >= 11 is 0. The molecule has 0 spiro atoms. The van der Waals surface area contributed by atoms with Gasteiger partial charge < -0.3 is 13.8 Å².